The monoisotopic (exact) mass is 292 g/mol. The average Bonchev–Trinajstić information content (AvgIpc) is 2.85. The van der Waals surface area contributed by atoms with E-state index in [4.69, 9.17) is 9.47 Å². The molecule has 0 radical (unpaired) electrons. The number of aromatic nitrogens is 2. The molecule has 2 aromatic carbocycles. The number of nitrogens with zero attached hydrogens (tertiary/aromatic N) is 2. The third-order valence-corrected chi connectivity index (χ3v) is 3.83. The van der Waals surface area contributed by atoms with Crippen LogP contribution in [-0.2, 0) is 0 Å². The van der Waals surface area contributed by atoms with E-state index in [1.165, 1.54) is 0 Å². The molecule has 0 unspecified atom stereocenters. The molecule has 0 aliphatic heterocycles. The molecule has 1 aliphatic carbocycles. The first-order valence-corrected chi connectivity index (χ1v) is 6.81. The molecule has 1 aliphatic rings. The van der Waals surface area contributed by atoms with Gasteiger partial charge in [-0.05, 0) is 12.1 Å². The molecule has 0 saturated heterocycles. The highest BCUT2D eigenvalue weighted by Gasteiger charge is 2.30. The normalized spacial score (nSPS) is 12.2. The first-order chi connectivity index (χ1) is 10.7. The number of methoxy groups -OCH3 is 2. The third-order valence-electron chi connectivity index (χ3n) is 3.83. The van der Waals surface area contributed by atoms with Crippen molar-refractivity contribution in [2.24, 2.45) is 0 Å². The van der Waals surface area contributed by atoms with Crippen LogP contribution in [0.25, 0.3) is 22.3 Å². The predicted molar refractivity (Wildman–Crippen MR) is 81.5 cm³/mol. The maximum atomic E-state index is 12.5. The minimum Gasteiger partial charge on any atom is -0.494 e. The zero-order valence-corrected chi connectivity index (χ0v) is 12.1. The van der Waals surface area contributed by atoms with Crippen molar-refractivity contribution in [2.45, 2.75) is 0 Å². The summed E-state index contributed by atoms with van der Waals surface area (Å²) in [7, 11) is 3.14. The van der Waals surface area contributed by atoms with Gasteiger partial charge in [-0.2, -0.15) is 0 Å². The molecule has 0 atom stereocenters. The summed E-state index contributed by atoms with van der Waals surface area (Å²) in [5.74, 6) is 1.06. The Morgan fingerprint density at radius 2 is 1.32 bits per heavy atom. The zero-order chi connectivity index (χ0) is 15.3. The molecule has 0 fully saturated rings. The highest BCUT2D eigenvalue weighted by molar-refractivity contribution is 6.20. The molecule has 0 saturated carbocycles. The van der Waals surface area contributed by atoms with Crippen LogP contribution in [0.15, 0.2) is 36.4 Å². The first kappa shape index (κ1) is 12.8. The van der Waals surface area contributed by atoms with Gasteiger partial charge in [0.25, 0.3) is 0 Å². The molecule has 0 spiro atoms. The minimum absolute atomic E-state index is 0.107. The Bertz CT molecular complexity index is 935. The van der Waals surface area contributed by atoms with Crippen LogP contribution in [0, 0.1) is 0 Å². The van der Waals surface area contributed by atoms with Crippen LogP contribution in [0.5, 0.6) is 11.5 Å². The maximum Gasteiger partial charge on any atom is 0.214 e. The Hall–Kier alpha value is -2.95. The van der Waals surface area contributed by atoms with Gasteiger partial charge < -0.3 is 9.47 Å². The van der Waals surface area contributed by atoms with Crippen LogP contribution in [0.4, 0.5) is 0 Å². The number of fused-ring (bicyclic) bond motifs is 4. The number of carbonyl (C=O) groups excluding carboxylic acids is 1. The quantitative estimate of drug-likeness (QED) is 0.568. The van der Waals surface area contributed by atoms with Crippen molar-refractivity contribution in [3.8, 4) is 22.8 Å². The molecule has 0 N–H and O–H groups in total. The number of hydrogen-bond donors (Lipinski definition) is 0. The van der Waals surface area contributed by atoms with Crippen molar-refractivity contribution >= 4 is 16.8 Å². The molecular formula is C17H12N2O3. The SMILES string of the molecule is COc1ccc(OC)c2nc3c(nc12)C(=O)c1ccccc1-3. The lowest BCUT2D eigenvalue weighted by molar-refractivity contribution is 0.103. The van der Waals surface area contributed by atoms with Gasteiger partial charge in [-0.25, -0.2) is 9.97 Å². The van der Waals surface area contributed by atoms with Gasteiger partial charge in [0.15, 0.2) is 0 Å². The number of benzene rings is 2. The molecule has 108 valence electrons. The van der Waals surface area contributed by atoms with E-state index < -0.39 is 0 Å². The van der Waals surface area contributed by atoms with Gasteiger partial charge in [-0.3, -0.25) is 4.79 Å². The molecule has 22 heavy (non-hydrogen) atoms. The minimum atomic E-state index is -0.107. The Morgan fingerprint density at radius 3 is 1.91 bits per heavy atom. The van der Waals surface area contributed by atoms with Crippen molar-refractivity contribution in [3.05, 3.63) is 47.7 Å². The summed E-state index contributed by atoms with van der Waals surface area (Å²) in [6, 6.07) is 10.9. The average molecular weight is 292 g/mol. The van der Waals surface area contributed by atoms with Crippen molar-refractivity contribution < 1.29 is 14.3 Å². The van der Waals surface area contributed by atoms with Crippen molar-refractivity contribution in [1.29, 1.82) is 0 Å². The van der Waals surface area contributed by atoms with Gasteiger partial charge in [-0.1, -0.05) is 24.3 Å². The van der Waals surface area contributed by atoms with Crippen molar-refractivity contribution in [1.82, 2.24) is 9.97 Å². The van der Waals surface area contributed by atoms with E-state index in [0.29, 0.717) is 39.5 Å². The smallest absolute Gasteiger partial charge is 0.214 e. The Balaban J connectivity index is 2.11. The molecule has 3 aromatic rings. The summed E-state index contributed by atoms with van der Waals surface area (Å²) in [4.78, 5) is 21.7. The van der Waals surface area contributed by atoms with E-state index in [1.54, 1.807) is 32.4 Å². The van der Waals surface area contributed by atoms with Gasteiger partial charge in [0, 0.05) is 11.1 Å². The van der Waals surface area contributed by atoms with Crippen LogP contribution in [-0.4, -0.2) is 30.0 Å². The second-order valence-electron chi connectivity index (χ2n) is 4.96. The van der Waals surface area contributed by atoms with E-state index in [1.807, 2.05) is 18.2 Å². The van der Waals surface area contributed by atoms with Gasteiger partial charge in [-0.15, -0.1) is 0 Å². The molecule has 4 rings (SSSR count). The van der Waals surface area contributed by atoms with Gasteiger partial charge in [0.2, 0.25) is 5.78 Å². The fraction of sp³-hybridized carbons (Fsp3) is 0.118. The Morgan fingerprint density at radius 1 is 0.773 bits per heavy atom. The van der Waals surface area contributed by atoms with Crippen LogP contribution in [0.3, 0.4) is 0 Å². The van der Waals surface area contributed by atoms with Gasteiger partial charge >= 0.3 is 0 Å². The second kappa shape index (κ2) is 4.53. The Labute approximate surface area is 126 Å². The largest absolute Gasteiger partial charge is 0.494 e. The number of hydrogen-bond acceptors (Lipinski definition) is 5. The fourth-order valence-electron chi connectivity index (χ4n) is 2.78. The zero-order valence-electron chi connectivity index (χ0n) is 12.1. The first-order valence-electron chi connectivity index (χ1n) is 6.81. The van der Waals surface area contributed by atoms with Crippen LogP contribution in [0.1, 0.15) is 16.1 Å². The molecular weight excluding hydrogens is 280 g/mol. The number of ketones is 1. The number of carbonyl (C=O) groups is 1. The lowest BCUT2D eigenvalue weighted by Gasteiger charge is -2.09. The summed E-state index contributed by atoms with van der Waals surface area (Å²) in [5.41, 5.74) is 3.51. The molecule has 0 bridgehead atoms. The highest BCUT2D eigenvalue weighted by Crippen LogP contribution is 2.38. The maximum absolute atomic E-state index is 12.5. The van der Waals surface area contributed by atoms with E-state index in [9.17, 15) is 4.79 Å². The summed E-state index contributed by atoms with van der Waals surface area (Å²) in [6.07, 6.45) is 0. The van der Waals surface area contributed by atoms with Crippen LogP contribution >= 0.6 is 0 Å². The molecule has 5 nitrogen and oxygen atoms in total. The topological polar surface area (TPSA) is 61.3 Å². The lowest BCUT2D eigenvalue weighted by Crippen LogP contribution is -2.02. The van der Waals surface area contributed by atoms with Crippen LogP contribution in [0.2, 0.25) is 0 Å². The van der Waals surface area contributed by atoms with Gasteiger partial charge in [0.1, 0.15) is 33.9 Å². The summed E-state index contributed by atoms with van der Waals surface area (Å²) in [6.45, 7) is 0. The lowest BCUT2D eigenvalue weighted by atomic mass is 10.1. The second-order valence-corrected chi connectivity index (χ2v) is 4.96. The standard InChI is InChI=1S/C17H12N2O3/c1-21-11-7-8-12(22-2)15-14(11)18-13-9-5-3-4-6-10(9)17(20)16(13)19-15/h3-8H,1-2H3. The predicted octanol–water partition coefficient (Wildman–Crippen LogP) is 2.86. The van der Waals surface area contributed by atoms with Crippen molar-refractivity contribution in [3.63, 3.8) is 0 Å². The van der Waals surface area contributed by atoms with E-state index in [0.717, 1.165) is 5.56 Å². The summed E-state index contributed by atoms with van der Waals surface area (Å²) < 4.78 is 10.7. The molecule has 1 heterocycles. The summed E-state index contributed by atoms with van der Waals surface area (Å²) >= 11 is 0. The molecule has 1 aromatic heterocycles. The van der Waals surface area contributed by atoms with Gasteiger partial charge in [0.05, 0.1) is 14.2 Å². The van der Waals surface area contributed by atoms with E-state index in [-0.39, 0.29) is 5.78 Å². The highest BCUT2D eigenvalue weighted by atomic mass is 16.5. The van der Waals surface area contributed by atoms with Crippen LogP contribution < -0.4 is 9.47 Å². The fourth-order valence-corrected chi connectivity index (χ4v) is 2.78. The number of ether oxygens (including phenoxy) is 2. The molecule has 0 amide bonds. The molecule has 5 heteroatoms. The number of rotatable bonds is 2. The third kappa shape index (κ3) is 1.56. The summed E-state index contributed by atoms with van der Waals surface area (Å²) in [5, 5.41) is 0. The van der Waals surface area contributed by atoms with E-state index in [2.05, 4.69) is 9.97 Å². The van der Waals surface area contributed by atoms with E-state index >= 15 is 0 Å². The van der Waals surface area contributed by atoms with Crippen molar-refractivity contribution in [2.75, 3.05) is 14.2 Å². The Kier molecular flexibility index (Phi) is 2.63.